The lowest BCUT2D eigenvalue weighted by atomic mass is 10.3. The van der Waals surface area contributed by atoms with Crippen LogP contribution in [-0.2, 0) is 9.47 Å². The molecular weight excluding hydrogens is 226 g/mol. The largest absolute Gasteiger partial charge is 0.383 e. The zero-order chi connectivity index (χ0) is 11.6. The van der Waals surface area contributed by atoms with E-state index in [4.69, 9.17) is 21.1 Å². The first kappa shape index (κ1) is 13.3. The highest BCUT2D eigenvalue weighted by Gasteiger charge is 1.93. The summed E-state index contributed by atoms with van der Waals surface area (Å²) < 4.78 is 10.5. The van der Waals surface area contributed by atoms with E-state index in [1.165, 1.54) is 0 Å². The molecule has 0 bridgehead atoms. The number of nitrogens with one attached hydrogen (secondary N) is 1. The Hall–Kier alpha value is -0.770. The van der Waals surface area contributed by atoms with Crippen LogP contribution in [0.2, 0.25) is 5.02 Å². The first-order valence-electron chi connectivity index (χ1n) is 5.48. The van der Waals surface area contributed by atoms with Crippen LogP contribution < -0.4 is 5.32 Å². The maximum absolute atomic E-state index is 5.85. The standard InChI is InChI=1S/C12H18ClNO2/c1-2-15-8-9-16-7-6-14-12-5-3-4-11(13)10-12/h3-5,10,14H,2,6-9H2,1H3. The van der Waals surface area contributed by atoms with Gasteiger partial charge in [-0.05, 0) is 25.1 Å². The maximum atomic E-state index is 5.85. The summed E-state index contributed by atoms with van der Waals surface area (Å²) in [6.07, 6.45) is 0. The number of hydrogen-bond donors (Lipinski definition) is 1. The average Bonchev–Trinajstić information content (AvgIpc) is 2.28. The Balaban J connectivity index is 2.03. The van der Waals surface area contributed by atoms with Crippen molar-refractivity contribution in [1.82, 2.24) is 0 Å². The highest BCUT2D eigenvalue weighted by atomic mass is 35.5. The van der Waals surface area contributed by atoms with E-state index in [2.05, 4.69) is 5.32 Å². The fourth-order valence-corrected chi connectivity index (χ4v) is 1.42. The van der Waals surface area contributed by atoms with Gasteiger partial charge in [-0.15, -0.1) is 0 Å². The van der Waals surface area contributed by atoms with Crippen LogP contribution in [0.5, 0.6) is 0 Å². The van der Waals surface area contributed by atoms with Crippen molar-refractivity contribution in [2.24, 2.45) is 0 Å². The smallest absolute Gasteiger partial charge is 0.0701 e. The van der Waals surface area contributed by atoms with Gasteiger partial charge in [0.05, 0.1) is 19.8 Å². The second-order valence-electron chi connectivity index (χ2n) is 3.25. The molecule has 1 aromatic rings. The summed E-state index contributed by atoms with van der Waals surface area (Å²) >= 11 is 5.85. The van der Waals surface area contributed by atoms with Crippen LogP contribution in [0.25, 0.3) is 0 Å². The van der Waals surface area contributed by atoms with Gasteiger partial charge in [0.15, 0.2) is 0 Å². The third kappa shape index (κ3) is 5.95. The molecule has 0 radical (unpaired) electrons. The van der Waals surface area contributed by atoms with Gasteiger partial charge in [0.25, 0.3) is 0 Å². The van der Waals surface area contributed by atoms with Gasteiger partial charge in [0.2, 0.25) is 0 Å². The molecule has 16 heavy (non-hydrogen) atoms. The Morgan fingerprint density at radius 3 is 2.75 bits per heavy atom. The predicted molar refractivity (Wildman–Crippen MR) is 67.3 cm³/mol. The first-order chi connectivity index (χ1) is 7.83. The molecule has 0 amide bonds. The molecule has 0 saturated heterocycles. The SMILES string of the molecule is CCOCCOCCNc1cccc(Cl)c1. The third-order valence-corrected chi connectivity index (χ3v) is 2.21. The summed E-state index contributed by atoms with van der Waals surface area (Å²) in [6, 6.07) is 7.64. The Kier molecular flexibility index (Phi) is 6.97. The second kappa shape index (κ2) is 8.39. The fourth-order valence-electron chi connectivity index (χ4n) is 1.23. The summed E-state index contributed by atoms with van der Waals surface area (Å²) in [5, 5.41) is 3.96. The van der Waals surface area contributed by atoms with Gasteiger partial charge in [0.1, 0.15) is 0 Å². The minimum absolute atomic E-state index is 0.644. The van der Waals surface area contributed by atoms with Crippen molar-refractivity contribution in [3.63, 3.8) is 0 Å². The van der Waals surface area contributed by atoms with Crippen molar-refractivity contribution in [3.8, 4) is 0 Å². The number of benzene rings is 1. The monoisotopic (exact) mass is 243 g/mol. The van der Waals surface area contributed by atoms with Crippen molar-refractivity contribution >= 4 is 17.3 Å². The fraction of sp³-hybridized carbons (Fsp3) is 0.500. The van der Waals surface area contributed by atoms with Crippen LogP contribution in [0.3, 0.4) is 0 Å². The topological polar surface area (TPSA) is 30.5 Å². The van der Waals surface area contributed by atoms with Crippen molar-refractivity contribution in [1.29, 1.82) is 0 Å². The summed E-state index contributed by atoms with van der Waals surface area (Å²) in [5.74, 6) is 0. The molecule has 0 heterocycles. The minimum Gasteiger partial charge on any atom is -0.383 e. The van der Waals surface area contributed by atoms with E-state index < -0.39 is 0 Å². The number of rotatable bonds is 8. The lowest BCUT2D eigenvalue weighted by Gasteiger charge is -2.07. The van der Waals surface area contributed by atoms with Crippen LogP contribution in [0.1, 0.15) is 6.92 Å². The Morgan fingerprint density at radius 2 is 2.00 bits per heavy atom. The van der Waals surface area contributed by atoms with Crippen molar-refractivity contribution in [2.75, 3.05) is 38.3 Å². The molecule has 0 aliphatic rings. The second-order valence-corrected chi connectivity index (χ2v) is 3.68. The van der Waals surface area contributed by atoms with E-state index in [9.17, 15) is 0 Å². The van der Waals surface area contributed by atoms with Crippen LogP contribution in [0, 0.1) is 0 Å². The third-order valence-electron chi connectivity index (χ3n) is 1.98. The van der Waals surface area contributed by atoms with Gasteiger partial charge >= 0.3 is 0 Å². The number of anilines is 1. The van der Waals surface area contributed by atoms with Gasteiger partial charge in [-0.1, -0.05) is 17.7 Å². The van der Waals surface area contributed by atoms with E-state index in [1.807, 2.05) is 31.2 Å². The highest BCUT2D eigenvalue weighted by molar-refractivity contribution is 6.30. The average molecular weight is 244 g/mol. The lowest BCUT2D eigenvalue weighted by molar-refractivity contribution is 0.0570. The highest BCUT2D eigenvalue weighted by Crippen LogP contribution is 2.14. The molecule has 0 aliphatic heterocycles. The molecule has 1 rings (SSSR count). The summed E-state index contributed by atoms with van der Waals surface area (Å²) in [4.78, 5) is 0. The maximum Gasteiger partial charge on any atom is 0.0701 e. The van der Waals surface area contributed by atoms with Crippen molar-refractivity contribution in [2.45, 2.75) is 6.92 Å². The molecule has 0 spiro atoms. The summed E-state index contributed by atoms with van der Waals surface area (Å²) in [6.45, 7) is 5.45. The molecule has 0 unspecified atom stereocenters. The summed E-state index contributed by atoms with van der Waals surface area (Å²) in [7, 11) is 0. The van der Waals surface area contributed by atoms with Gasteiger partial charge < -0.3 is 14.8 Å². The Labute approximate surface area is 102 Å². The Bertz CT molecular complexity index is 294. The predicted octanol–water partition coefficient (Wildman–Crippen LogP) is 2.81. The number of halogens is 1. The first-order valence-corrected chi connectivity index (χ1v) is 5.85. The number of ether oxygens (including phenoxy) is 2. The van der Waals surface area contributed by atoms with Crippen LogP contribution in [-0.4, -0.2) is 33.0 Å². The van der Waals surface area contributed by atoms with Crippen LogP contribution in [0.4, 0.5) is 5.69 Å². The zero-order valence-corrected chi connectivity index (χ0v) is 10.3. The minimum atomic E-state index is 0.644. The van der Waals surface area contributed by atoms with Gasteiger partial charge in [-0.25, -0.2) is 0 Å². The number of hydrogen-bond acceptors (Lipinski definition) is 3. The molecule has 1 N–H and O–H groups in total. The molecule has 4 heteroatoms. The summed E-state index contributed by atoms with van der Waals surface area (Å²) in [5.41, 5.74) is 1.01. The molecule has 0 aliphatic carbocycles. The zero-order valence-electron chi connectivity index (χ0n) is 9.54. The Morgan fingerprint density at radius 1 is 1.19 bits per heavy atom. The van der Waals surface area contributed by atoms with Crippen LogP contribution >= 0.6 is 11.6 Å². The van der Waals surface area contributed by atoms with Gasteiger partial charge in [-0.2, -0.15) is 0 Å². The van der Waals surface area contributed by atoms with E-state index in [-0.39, 0.29) is 0 Å². The van der Waals surface area contributed by atoms with Crippen molar-refractivity contribution in [3.05, 3.63) is 29.3 Å². The molecule has 0 aromatic heterocycles. The van der Waals surface area contributed by atoms with Gasteiger partial charge in [-0.3, -0.25) is 0 Å². The van der Waals surface area contributed by atoms with Gasteiger partial charge in [0, 0.05) is 23.9 Å². The molecule has 3 nitrogen and oxygen atoms in total. The molecule has 0 saturated carbocycles. The van der Waals surface area contributed by atoms with E-state index in [1.54, 1.807) is 0 Å². The van der Waals surface area contributed by atoms with E-state index in [0.29, 0.717) is 19.8 Å². The quantitative estimate of drug-likeness (QED) is 0.713. The molecule has 90 valence electrons. The van der Waals surface area contributed by atoms with Crippen LogP contribution in [0.15, 0.2) is 24.3 Å². The molecule has 1 aromatic carbocycles. The van der Waals surface area contributed by atoms with Crippen molar-refractivity contribution < 1.29 is 9.47 Å². The lowest BCUT2D eigenvalue weighted by Crippen LogP contribution is -2.12. The molecule has 0 fully saturated rings. The molecular formula is C12H18ClNO2. The van der Waals surface area contributed by atoms with E-state index in [0.717, 1.165) is 23.9 Å². The normalized spacial score (nSPS) is 10.4. The molecule has 0 atom stereocenters. The van der Waals surface area contributed by atoms with E-state index >= 15 is 0 Å².